The number of fused-ring (bicyclic) bond motifs is 1. The quantitative estimate of drug-likeness (QED) is 0.909. The second-order valence-electron chi connectivity index (χ2n) is 6.90. The fraction of sp³-hybridized carbons (Fsp3) is 0.400. The van der Waals surface area contributed by atoms with Crippen LogP contribution in [-0.2, 0) is 11.2 Å². The highest BCUT2D eigenvalue weighted by atomic mass is 16.5. The highest BCUT2D eigenvalue weighted by molar-refractivity contribution is 5.76. The Morgan fingerprint density at radius 1 is 1.25 bits per heavy atom. The molecule has 1 amide bonds. The number of rotatable bonds is 5. The summed E-state index contributed by atoms with van der Waals surface area (Å²) in [6.07, 6.45) is 4.70. The Kier molecular flexibility index (Phi) is 4.84. The van der Waals surface area contributed by atoms with Crippen molar-refractivity contribution in [1.82, 2.24) is 10.3 Å². The highest BCUT2D eigenvalue weighted by Crippen LogP contribution is 2.39. The fourth-order valence-corrected chi connectivity index (χ4v) is 3.17. The van der Waals surface area contributed by atoms with Gasteiger partial charge < -0.3 is 10.1 Å². The van der Waals surface area contributed by atoms with Crippen LogP contribution in [0.2, 0.25) is 0 Å². The van der Waals surface area contributed by atoms with E-state index >= 15 is 0 Å². The number of amides is 1. The second kappa shape index (κ2) is 7.04. The van der Waals surface area contributed by atoms with E-state index < -0.39 is 0 Å². The summed E-state index contributed by atoms with van der Waals surface area (Å²) in [5.74, 6) is 0.955. The fourth-order valence-electron chi connectivity index (χ4n) is 3.17. The van der Waals surface area contributed by atoms with Gasteiger partial charge in [-0.25, -0.2) is 0 Å². The maximum atomic E-state index is 12.3. The number of benzene rings is 1. The molecule has 2 heterocycles. The lowest BCUT2D eigenvalue weighted by Crippen LogP contribution is -2.41. The molecule has 4 heteroatoms. The molecule has 0 saturated heterocycles. The molecule has 1 aliphatic heterocycles. The minimum Gasteiger partial charge on any atom is -0.487 e. The van der Waals surface area contributed by atoms with Gasteiger partial charge in [0, 0.05) is 30.3 Å². The summed E-state index contributed by atoms with van der Waals surface area (Å²) in [5.41, 5.74) is 1.82. The van der Waals surface area contributed by atoms with E-state index in [0.717, 1.165) is 36.3 Å². The maximum Gasteiger partial charge on any atom is 0.220 e. The molecule has 1 N–H and O–H groups in total. The predicted octanol–water partition coefficient (Wildman–Crippen LogP) is 3.82. The van der Waals surface area contributed by atoms with E-state index in [1.54, 1.807) is 6.20 Å². The lowest BCUT2D eigenvalue weighted by molar-refractivity contribution is -0.122. The van der Waals surface area contributed by atoms with Gasteiger partial charge in [-0.15, -0.1) is 0 Å². The summed E-state index contributed by atoms with van der Waals surface area (Å²) in [4.78, 5) is 16.6. The Balaban J connectivity index is 1.58. The molecule has 0 radical (unpaired) electrons. The van der Waals surface area contributed by atoms with Crippen LogP contribution in [0.25, 0.3) is 0 Å². The molecule has 1 aromatic heterocycles. The van der Waals surface area contributed by atoms with E-state index in [1.165, 1.54) is 0 Å². The summed E-state index contributed by atoms with van der Waals surface area (Å²) in [5, 5.41) is 3.18. The van der Waals surface area contributed by atoms with E-state index in [1.807, 2.05) is 42.5 Å². The first-order chi connectivity index (χ1) is 11.5. The normalized spacial score (nSPS) is 18.3. The number of hydrogen-bond donors (Lipinski definition) is 1. The van der Waals surface area contributed by atoms with Crippen LogP contribution in [0.1, 0.15) is 50.4 Å². The van der Waals surface area contributed by atoms with Crippen LogP contribution in [0.3, 0.4) is 0 Å². The molecule has 1 atom stereocenters. The van der Waals surface area contributed by atoms with Crippen LogP contribution in [-0.4, -0.2) is 16.5 Å². The third-order valence-electron chi connectivity index (χ3n) is 4.27. The minimum atomic E-state index is -0.278. The van der Waals surface area contributed by atoms with Crippen LogP contribution in [0, 0.1) is 0 Å². The summed E-state index contributed by atoms with van der Waals surface area (Å²) in [6.45, 7) is 4.12. The molecule has 0 saturated carbocycles. The average molecular weight is 324 g/mol. The molecule has 1 aliphatic rings. The van der Waals surface area contributed by atoms with Gasteiger partial charge in [-0.3, -0.25) is 9.78 Å². The molecular formula is C20H24N2O2. The number of aryl methyl sites for hydroxylation is 1. The highest BCUT2D eigenvalue weighted by Gasteiger charge is 2.34. The maximum absolute atomic E-state index is 12.3. The second-order valence-corrected chi connectivity index (χ2v) is 6.90. The third kappa shape index (κ3) is 4.13. The monoisotopic (exact) mass is 324 g/mol. The number of pyridine rings is 1. The number of carbonyl (C=O) groups excluding carboxylic acids is 1. The standard InChI is InChI=1S/C20H24N2O2/c1-20(2)14-17(16-10-3-4-11-18(16)24-20)22-19(23)12-7-9-15-8-5-6-13-21-15/h3-6,8,10-11,13,17H,7,9,12,14H2,1-2H3,(H,22,23)/t17-/m1/s1. The van der Waals surface area contributed by atoms with Crippen LogP contribution in [0.15, 0.2) is 48.7 Å². The van der Waals surface area contributed by atoms with Gasteiger partial charge in [-0.05, 0) is 44.9 Å². The molecule has 1 aromatic carbocycles. The van der Waals surface area contributed by atoms with Crippen molar-refractivity contribution in [1.29, 1.82) is 0 Å². The molecular weight excluding hydrogens is 300 g/mol. The molecule has 4 nitrogen and oxygen atoms in total. The molecule has 0 aliphatic carbocycles. The average Bonchev–Trinajstić information content (AvgIpc) is 2.55. The zero-order valence-electron chi connectivity index (χ0n) is 14.3. The van der Waals surface area contributed by atoms with E-state index in [4.69, 9.17) is 4.74 Å². The first-order valence-electron chi connectivity index (χ1n) is 8.51. The molecule has 24 heavy (non-hydrogen) atoms. The molecule has 0 bridgehead atoms. The predicted molar refractivity (Wildman–Crippen MR) is 93.8 cm³/mol. The zero-order chi connectivity index (χ0) is 17.0. The summed E-state index contributed by atoms with van der Waals surface area (Å²) < 4.78 is 6.01. The molecule has 126 valence electrons. The lowest BCUT2D eigenvalue weighted by Gasteiger charge is -2.37. The van der Waals surface area contributed by atoms with Crippen molar-refractivity contribution >= 4 is 5.91 Å². The van der Waals surface area contributed by atoms with Crippen molar-refractivity contribution < 1.29 is 9.53 Å². The number of para-hydroxylation sites is 1. The molecule has 3 rings (SSSR count). The number of nitrogens with one attached hydrogen (secondary N) is 1. The van der Waals surface area contributed by atoms with Crippen molar-refractivity contribution in [3.8, 4) is 5.75 Å². The van der Waals surface area contributed by atoms with Crippen LogP contribution >= 0.6 is 0 Å². The van der Waals surface area contributed by atoms with E-state index in [9.17, 15) is 4.79 Å². The Bertz CT molecular complexity index is 698. The summed E-state index contributed by atoms with van der Waals surface area (Å²) in [7, 11) is 0. The van der Waals surface area contributed by atoms with Gasteiger partial charge in [0.2, 0.25) is 5.91 Å². The van der Waals surface area contributed by atoms with Crippen LogP contribution in [0.4, 0.5) is 0 Å². The molecule has 2 aromatic rings. The SMILES string of the molecule is CC1(C)C[C@@H](NC(=O)CCCc2ccccn2)c2ccccc2O1. The Hall–Kier alpha value is -2.36. The van der Waals surface area contributed by atoms with E-state index in [0.29, 0.717) is 6.42 Å². The largest absolute Gasteiger partial charge is 0.487 e. The van der Waals surface area contributed by atoms with Gasteiger partial charge in [0.15, 0.2) is 0 Å². The molecule has 0 unspecified atom stereocenters. The number of hydrogen-bond acceptors (Lipinski definition) is 3. The Morgan fingerprint density at radius 3 is 2.83 bits per heavy atom. The lowest BCUT2D eigenvalue weighted by atomic mass is 9.89. The Morgan fingerprint density at radius 2 is 2.04 bits per heavy atom. The minimum absolute atomic E-state index is 0.00676. The van der Waals surface area contributed by atoms with Gasteiger partial charge in [-0.2, -0.15) is 0 Å². The van der Waals surface area contributed by atoms with Crippen molar-refractivity contribution in [2.45, 2.75) is 51.2 Å². The topological polar surface area (TPSA) is 51.2 Å². The van der Waals surface area contributed by atoms with Crippen LogP contribution < -0.4 is 10.1 Å². The van der Waals surface area contributed by atoms with Gasteiger partial charge in [0.1, 0.15) is 11.4 Å². The van der Waals surface area contributed by atoms with E-state index in [2.05, 4.69) is 24.1 Å². The summed E-state index contributed by atoms with van der Waals surface area (Å²) in [6, 6.07) is 13.8. The van der Waals surface area contributed by atoms with Gasteiger partial charge in [0.05, 0.1) is 6.04 Å². The first-order valence-corrected chi connectivity index (χ1v) is 8.51. The third-order valence-corrected chi connectivity index (χ3v) is 4.27. The molecule has 0 fully saturated rings. The summed E-state index contributed by atoms with van der Waals surface area (Å²) >= 11 is 0. The van der Waals surface area contributed by atoms with Crippen LogP contribution in [0.5, 0.6) is 5.75 Å². The van der Waals surface area contributed by atoms with Crippen molar-refractivity contribution in [2.24, 2.45) is 0 Å². The number of aromatic nitrogens is 1. The van der Waals surface area contributed by atoms with Crippen molar-refractivity contribution in [2.75, 3.05) is 0 Å². The number of ether oxygens (including phenoxy) is 1. The van der Waals surface area contributed by atoms with Crippen molar-refractivity contribution in [3.05, 3.63) is 59.9 Å². The zero-order valence-corrected chi connectivity index (χ0v) is 14.3. The number of nitrogens with zero attached hydrogens (tertiary/aromatic N) is 1. The van der Waals surface area contributed by atoms with Crippen molar-refractivity contribution in [3.63, 3.8) is 0 Å². The Labute approximate surface area is 143 Å². The number of carbonyl (C=O) groups is 1. The molecule has 0 spiro atoms. The van der Waals surface area contributed by atoms with Gasteiger partial charge in [-0.1, -0.05) is 24.3 Å². The smallest absolute Gasteiger partial charge is 0.220 e. The first kappa shape index (κ1) is 16.5. The van der Waals surface area contributed by atoms with E-state index in [-0.39, 0.29) is 17.6 Å². The van der Waals surface area contributed by atoms with Gasteiger partial charge >= 0.3 is 0 Å². The van der Waals surface area contributed by atoms with Gasteiger partial charge in [0.25, 0.3) is 0 Å².